The highest BCUT2D eigenvalue weighted by atomic mass is 19.1. The standard InChI is InChI=1S/C14H20FN3.C2H6/c1-11-13-10-12(15)6-7-14(13)18(16-11)9-5-4-8-17(2)3;1-2/h6-7,10H,4-5,8-9H2,1-3H3;1-2H3. The van der Waals surface area contributed by atoms with Crippen molar-refractivity contribution in [2.24, 2.45) is 0 Å². The Morgan fingerprint density at radius 3 is 2.55 bits per heavy atom. The quantitative estimate of drug-likeness (QED) is 0.775. The van der Waals surface area contributed by atoms with Gasteiger partial charge in [0.2, 0.25) is 0 Å². The Hall–Kier alpha value is -1.42. The molecule has 1 aromatic carbocycles. The largest absolute Gasteiger partial charge is 0.309 e. The normalized spacial score (nSPS) is 10.8. The highest BCUT2D eigenvalue weighted by molar-refractivity contribution is 5.81. The van der Waals surface area contributed by atoms with Gasteiger partial charge in [-0.05, 0) is 58.6 Å². The van der Waals surface area contributed by atoms with Gasteiger partial charge in [0.25, 0.3) is 0 Å². The molecular formula is C16H26FN3. The number of unbranched alkanes of at least 4 members (excludes halogenated alkanes) is 1. The highest BCUT2D eigenvalue weighted by Crippen LogP contribution is 2.19. The molecule has 20 heavy (non-hydrogen) atoms. The van der Waals surface area contributed by atoms with Crippen LogP contribution in [0.25, 0.3) is 10.9 Å². The molecule has 0 bridgehead atoms. The van der Waals surface area contributed by atoms with E-state index in [1.807, 2.05) is 31.5 Å². The van der Waals surface area contributed by atoms with E-state index in [9.17, 15) is 4.39 Å². The van der Waals surface area contributed by atoms with Crippen LogP contribution >= 0.6 is 0 Å². The summed E-state index contributed by atoms with van der Waals surface area (Å²) in [5, 5.41) is 5.40. The molecule has 0 fully saturated rings. The van der Waals surface area contributed by atoms with Crippen molar-refractivity contribution >= 4 is 10.9 Å². The van der Waals surface area contributed by atoms with Gasteiger partial charge >= 0.3 is 0 Å². The number of aryl methyl sites for hydroxylation is 2. The minimum Gasteiger partial charge on any atom is -0.309 e. The van der Waals surface area contributed by atoms with Gasteiger partial charge in [-0.1, -0.05) is 13.8 Å². The van der Waals surface area contributed by atoms with Crippen LogP contribution in [0.5, 0.6) is 0 Å². The van der Waals surface area contributed by atoms with Crippen LogP contribution in [0.2, 0.25) is 0 Å². The van der Waals surface area contributed by atoms with Crippen LogP contribution in [0.15, 0.2) is 18.2 Å². The molecule has 1 aromatic heterocycles. The van der Waals surface area contributed by atoms with Gasteiger partial charge in [0.05, 0.1) is 11.2 Å². The molecule has 0 amide bonds. The van der Waals surface area contributed by atoms with Gasteiger partial charge in [0.1, 0.15) is 5.82 Å². The van der Waals surface area contributed by atoms with Gasteiger partial charge in [0.15, 0.2) is 0 Å². The molecule has 0 radical (unpaired) electrons. The Balaban J connectivity index is 0.000000956. The number of hydrogen-bond acceptors (Lipinski definition) is 2. The predicted molar refractivity (Wildman–Crippen MR) is 83.6 cm³/mol. The third-order valence-electron chi connectivity index (χ3n) is 3.12. The Labute approximate surface area is 121 Å². The number of nitrogens with zero attached hydrogens (tertiary/aromatic N) is 3. The molecule has 0 aliphatic rings. The van der Waals surface area contributed by atoms with Gasteiger partial charge in [-0.2, -0.15) is 5.10 Å². The molecule has 0 saturated heterocycles. The van der Waals surface area contributed by atoms with Gasteiger partial charge in [-0.15, -0.1) is 0 Å². The fraction of sp³-hybridized carbons (Fsp3) is 0.562. The number of halogens is 1. The third kappa shape index (κ3) is 4.30. The topological polar surface area (TPSA) is 21.1 Å². The van der Waals surface area contributed by atoms with Crippen molar-refractivity contribution < 1.29 is 4.39 Å². The van der Waals surface area contributed by atoms with Crippen molar-refractivity contribution in [2.75, 3.05) is 20.6 Å². The van der Waals surface area contributed by atoms with Gasteiger partial charge in [-0.3, -0.25) is 4.68 Å². The average Bonchev–Trinajstić information content (AvgIpc) is 2.73. The Morgan fingerprint density at radius 2 is 1.90 bits per heavy atom. The minimum atomic E-state index is -0.197. The van der Waals surface area contributed by atoms with Crippen molar-refractivity contribution in [3.05, 3.63) is 29.7 Å². The van der Waals surface area contributed by atoms with E-state index in [1.165, 1.54) is 6.07 Å². The summed E-state index contributed by atoms with van der Waals surface area (Å²) in [5.74, 6) is -0.197. The molecule has 2 aromatic rings. The summed E-state index contributed by atoms with van der Waals surface area (Å²) in [6.45, 7) is 7.91. The zero-order chi connectivity index (χ0) is 15.1. The lowest BCUT2D eigenvalue weighted by molar-refractivity contribution is 0.385. The molecule has 1 heterocycles. The van der Waals surface area contributed by atoms with E-state index in [1.54, 1.807) is 6.07 Å². The van der Waals surface area contributed by atoms with Crippen LogP contribution in [0.1, 0.15) is 32.4 Å². The Bertz CT molecular complexity index is 532. The molecule has 112 valence electrons. The van der Waals surface area contributed by atoms with E-state index in [-0.39, 0.29) is 5.82 Å². The molecule has 0 saturated carbocycles. The van der Waals surface area contributed by atoms with Crippen molar-refractivity contribution in [3.8, 4) is 0 Å². The van der Waals surface area contributed by atoms with E-state index >= 15 is 0 Å². The average molecular weight is 279 g/mol. The molecule has 0 aliphatic heterocycles. The Morgan fingerprint density at radius 1 is 1.20 bits per heavy atom. The lowest BCUT2D eigenvalue weighted by Crippen LogP contribution is -2.13. The molecule has 0 aliphatic carbocycles. The van der Waals surface area contributed by atoms with E-state index < -0.39 is 0 Å². The zero-order valence-electron chi connectivity index (χ0n) is 13.3. The summed E-state index contributed by atoms with van der Waals surface area (Å²) in [7, 11) is 4.16. The van der Waals surface area contributed by atoms with Crippen LogP contribution in [0, 0.1) is 12.7 Å². The van der Waals surface area contributed by atoms with E-state index in [0.717, 1.165) is 42.5 Å². The molecule has 0 N–H and O–H groups in total. The molecular weight excluding hydrogens is 253 g/mol. The van der Waals surface area contributed by atoms with E-state index in [0.29, 0.717) is 0 Å². The Kier molecular flexibility index (Phi) is 6.65. The minimum absolute atomic E-state index is 0.197. The first-order valence-electron chi connectivity index (χ1n) is 7.35. The second-order valence-corrected chi connectivity index (χ2v) is 4.98. The summed E-state index contributed by atoms with van der Waals surface area (Å²) in [6, 6.07) is 4.88. The zero-order valence-corrected chi connectivity index (χ0v) is 13.3. The van der Waals surface area contributed by atoms with Crippen molar-refractivity contribution in [1.82, 2.24) is 14.7 Å². The van der Waals surface area contributed by atoms with Crippen molar-refractivity contribution in [3.63, 3.8) is 0 Å². The second-order valence-electron chi connectivity index (χ2n) is 4.98. The monoisotopic (exact) mass is 279 g/mol. The molecule has 0 spiro atoms. The third-order valence-corrected chi connectivity index (χ3v) is 3.12. The first-order valence-corrected chi connectivity index (χ1v) is 7.35. The van der Waals surface area contributed by atoms with Gasteiger partial charge in [0, 0.05) is 11.9 Å². The summed E-state index contributed by atoms with van der Waals surface area (Å²) in [5.41, 5.74) is 1.93. The summed E-state index contributed by atoms with van der Waals surface area (Å²) in [4.78, 5) is 2.18. The highest BCUT2D eigenvalue weighted by Gasteiger charge is 2.07. The van der Waals surface area contributed by atoms with Crippen LogP contribution < -0.4 is 0 Å². The van der Waals surface area contributed by atoms with Gasteiger partial charge < -0.3 is 4.90 Å². The van der Waals surface area contributed by atoms with Crippen LogP contribution in [-0.4, -0.2) is 35.3 Å². The van der Waals surface area contributed by atoms with Gasteiger partial charge in [-0.25, -0.2) is 4.39 Å². The number of hydrogen-bond donors (Lipinski definition) is 0. The first kappa shape index (κ1) is 16.6. The maximum absolute atomic E-state index is 13.2. The lowest BCUT2D eigenvalue weighted by Gasteiger charge is -2.09. The fourth-order valence-electron chi connectivity index (χ4n) is 2.17. The molecule has 0 unspecified atom stereocenters. The summed E-state index contributed by atoms with van der Waals surface area (Å²) in [6.07, 6.45) is 2.24. The number of rotatable bonds is 5. The SMILES string of the molecule is CC.Cc1nn(CCCCN(C)C)c2ccc(F)cc12. The van der Waals surface area contributed by atoms with Crippen molar-refractivity contribution in [2.45, 2.75) is 40.2 Å². The maximum Gasteiger partial charge on any atom is 0.124 e. The summed E-state index contributed by atoms with van der Waals surface area (Å²) < 4.78 is 15.2. The molecule has 4 heteroatoms. The molecule has 2 rings (SSSR count). The number of fused-ring (bicyclic) bond motifs is 1. The smallest absolute Gasteiger partial charge is 0.124 e. The first-order chi connectivity index (χ1) is 9.58. The van der Waals surface area contributed by atoms with Crippen molar-refractivity contribution in [1.29, 1.82) is 0 Å². The summed E-state index contributed by atoms with van der Waals surface area (Å²) >= 11 is 0. The van der Waals surface area contributed by atoms with Crippen LogP contribution in [0.4, 0.5) is 4.39 Å². The maximum atomic E-state index is 13.2. The van der Waals surface area contributed by atoms with E-state index in [2.05, 4.69) is 24.1 Å². The van der Waals surface area contributed by atoms with Crippen LogP contribution in [0.3, 0.4) is 0 Å². The second kappa shape index (κ2) is 8.00. The fourth-order valence-corrected chi connectivity index (χ4v) is 2.17. The predicted octanol–water partition coefficient (Wildman–Crippen LogP) is 3.85. The lowest BCUT2D eigenvalue weighted by atomic mass is 10.2. The molecule has 0 atom stereocenters. The number of aromatic nitrogens is 2. The number of benzene rings is 1. The molecule has 3 nitrogen and oxygen atoms in total. The van der Waals surface area contributed by atoms with E-state index in [4.69, 9.17) is 0 Å². The van der Waals surface area contributed by atoms with Crippen LogP contribution in [-0.2, 0) is 6.54 Å².